The highest BCUT2D eigenvalue weighted by Gasteiger charge is 2.09. The van der Waals surface area contributed by atoms with E-state index in [4.69, 9.17) is 21.7 Å². The van der Waals surface area contributed by atoms with Crippen LogP contribution in [-0.2, 0) is 6.54 Å². The van der Waals surface area contributed by atoms with Crippen molar-refractivity contribution in [2.24, 2.45) is 0 Å². The Morgan fingerprint density at radius 1 is 1.23 bits per heavy atom. The van der Waals surface area contributed by atoms with Crippen molar-refractivity contribution in [2.45, 2.75) is 6.54 Å². The molecule has 0 amide bonds. The number of aromatic nitrogens is 2. The van der Waals surface area contributed by atoms with Gasteiger partial charge in [-0.15, -0.1) is 11.3 Å². The van der Waals surface area contributed by atoms with Gasteiger partial charge in [-0.2, -0.15) is 0 Å². The van der Waals surface area contributed by atoms with Gasteiger partial charge in [0, 0.05) is 0 Å². The molecule has 0 fully saturated rings. The molecule has 0 aliphatic rings. The molecular formula is C15H14N2O3S2. The van der Waals surface area contributed by atoms with Gasteiger partial charge < -0.3 is 14.5 Å². The summed E-state index contributed by atoms with van der Waals surface area (Å²) in [5.74, 6) is 1.28. The number of rotatable bonds is 4. The molecule has 1 aromatic carbocycles. The third kappa shape index (κ3) is 2.53. The molecule has 0 spiro atoms. The molecule has 7 heteroatoms. The fourth-order valence-electron chi connectivity index (χ4n) is 2.28. The number of benzene rings is 1. The van der Waals surface area contributed by atoms with Crippen molar-refractivity contribution >= 4 is 33.8 Å². The Balaban J connectivity index is 2.07. The van der Waals surface area contributed by atoms with E-state index in [1.165, 1.54) is 11.3 Å². The first-order chi connectivity index (χ1) is 10.6. The van der Waals surface area contributed by atoms with Crippen LogP contribution in [0.1, 0.15) is 5.56 Å². The normalized spacial score (nSPS) is 10.8. The van der Waals surface area contributed by atoms with Crippen molar-refractivity contribution in [3.05, 3.63) is 50.3 Å². The molecule has 0 radical (unpaired) electrons. The molecule has 5 nitrogen and oxygen atoms in total. The van der Waals surface area contributed by atoms with Crippen LogP contribution < -0.4 is 15.0 Å². The number of thiophene rings is 1. The van der Waals surface area contributed by atoms with Crippen molar-refractivity contribution in [1.29, 1.82) is 0 Å². The second-order valence-corrected chi connectivity index (χ2v) is 5.98. The summed E-state index contributed by atoms with van der Waals surface area (Å²) in [7, 11) is 3.17. The minimum Gasteiger partial charge on any atom is -0.493 e. The van der Waals surface area contributed by atoms with Crippen LogP contribution in [0.15, 0.2) is 34.4 Å². The topological polar surface area (TPSA) is 56.2 Å². The summed E-state index contributed by atoms with van der Waals surface area (Å²) >= 11 is 6.70. The Morgan fingerprint density at radius 2 is 2.00 bits per heavy atom. The van der Waals surface area contributed by atoms with E-state index in [0.29, 0.717) is 27.5 Å². The summed E-state index contributed by atoms with van der Waals surface area (Å²) in [6.07, 6.45) is 0. The van der Waals surface area contributed by atoms with E-state index >= 15 is 0 Å². The van der Waals surface area contributed by atoms with Gasteiger partial charge in [-0.3, -0.25) is 9.36 Å². The predicted molar refractivity (Wildman–Crippen MR) is 89.9 cm³/mol. The largest absolute Gasteiger partial charge is 0.493 e. The average molecular weight is 334 g/mol. The third-order valence-corrected chi connectivity index (χ3v) is 4.60. The Labute approximate surface area is 135 Å². The molecule has 3 rings (SSSR count). The number of fused-ring (bicyclic) bond motifs is 1. The van der Waals surface area contributed by atoms with Gasteiger partial charge in [0.2, 0.25) is 0 Å². The van der Waals surface area contributed by atoms with E-state index in [2.05, 4.69) is 4.98 Å². The van der Waals surface area contributed by atoms with Gasteiger partial charge in [-0.05, 0) is 41.4 Å². The Bertz CT molecular complexity index is 940. The van der Waals surface area contributed by atoms with Gasteiger partial charge in [0.25, 0.3) is 5.56 Å². The van der Waals surface area contributed by atoms with Gasteiger partial charge >= 0.3 is 0 Å². The van der Waals surface area contributed by atoms with Crippen molar-refractivity contribution < 1.29 is 9.47 Å². The number of nitrogens with zero attached hydrogens (tertiary/aromatic N) is 1. The first-order valence-electron chi connectivity index (χ1n) is 6.55. The van der Waals surface area contributed by atoms with Crippen molar-refractivity contribution in [3.8, 4) is 11.5 Å². The summed E-state index contributed by atoms with van der Waals surface area (Å²) in [6, 6.07) is 7.41. The van der Waals surface area contributed by atoms with Crippen LogP contribution in [0.25, 0.3) is 10.2 Å². The molecule has 22 heavy (non-hydrogen) atoms. The molecule has 0 aliphatic heterocycles. The molecule has 0 aliphatic carbocycles. The summed E-state index contributed by atoms with van der Waals surface area (Å²) in [4.78, 5) is 15.6. The summed E-state index contributed by atoms with van der Waals surface area (Å²) in [6.45, 7) is 0.377. The maximum absolute atomic E-state index is 12.5. The molecule has 0 saturated heterocycles. The molecule has 2 aromatic heterocycles. The quantitative estimate of drug-likeness (QED) is 0.745. The minimum absolute atomic E-state index is 0.0801. The lowest BCUT2D eigenvalue weighted by Crippen LogP contribution is -2.21. The Kier molecular flexibility index (Phi) is 4.00. The number of nitrogens with one attached hydrogen (secondary N) is 1. The number of ether oxygens (including phenoxy) is 2. The van der Waals surface area contributed by atoms with E-state index in [1.54, 1.807) is 18.8 Å². The summed E-state index contributed by atoms with van der Waals surface area (Å²) < 4.78 is 13.1. The molecule has 2 heterocycles. The van der Waals surface area contributed by atoms with E-state index in [1.807, 2.05) is 29.6 Å². The Hall–Kier alpha value is -2.12. The zero-order valence-corrected chi connectivity index (χ0v) is 13.7. The highest BCUT2D eigenvalue weighted by atomic mass is 32.1. The first kappa shape index (κ1) is 14.8. The van der Waals surface area contributed by atoms with Crippen LogP contribution in [0, 0.1) is 4.77 Å². The highest BCUT2D eigenvalue weighted by Crippen LogP contribution is 2.27. The molecule has 0 unspecified atom stereocenters. The fraction of sp³-hybridized carbons (Fsp3) is 0.200. The van der Waals surface area contributed by atoms with E-state index in [-0.39, 0.29) is 5.56 Å². The number of methoxy groups -OCH3 is 2. The Morgan fingerprint density at radius 3 is 2.73 bits per heavy atom. The summed E-state index contributed by atoms with van der Waals surface area (Å²) in [5, 5.41) is 1.87. The number of aromatic amines is 1. The lowest BCUT2D eigenvalue weighted by atomic mass is 10.2. The van der Waals surface area contributed by atoms with Crippen LogP contribution in [0.2, 0.25) is 0 Å². The lowest BCUT2D eigenvalue weighted by molar-refractivity contribution is 0.354. The number of hydrogen-bond donors (Lipinski definition) is 1. The van der Waals surface area contributed by atoms with Crippen LogP contribution in [0.5, 0.6) is 11.5 Å². The second kappa shape index (κ2) is 5.94. The monoisotopic (exact) mass is 334 g/mol. The summed E-state index contributed by atoms with van der Waals surface area (Å²) in [5.41, 5.74) is 1.61. The van der Waals surface area contributed by atoms with Crippen molar-refractivity contribution in [2.75, 3.05) is 14.2 Å². The number of H-pyrrole nitrogens is 1. The van der Waals surface area contributed by atoms with Gasteiger partial charge in [0.05, 0.1) is 26.3 Å². The predicted octanol–water partition coefficient (Wildman–Crippen LogP) is 3.19. The zero-order valence-electron chi connectivity index (χ0n) is 12.1. The van der Waals surface area contributed by atoms with Crippen LogP contribution in [0.4, 0.5) is 0 Å². The molecule has 0 bridgehead atoms. The van der Waals surface area contributed by atoms with Gasteiger partial charge in [-0.1, -0.05) is 6.07 Å². The van der Waals surface area contributed by atoms with Gasteiger partial charge in [0.15, 0.2) is 16.3 Å². The SMILES string of the molecule is COc1ccc(Cn2c(=S)[nH]c3ccsc3c2=O)cc1OC. The average Bonchev–Trinajstić information content (AvgIpc) is 2.99. The standard InChI is InChI=1S/C15H14N2O3S2/c1-19-11-4-3-9(7-12(11)20-2)8-17-14(18)13-10(5-6-22-13)16-15(17)21/h3-7H,8H2,1-2H3,(H,16,21). The fourth-order valence-corrected chi connectivity index (χ4v) is 3.33. The van der Waals surface area contributed by atoms with Crippen LogP contribution in [-0.4, -0.2) is 23.8 Å². The zero-order chi connectivity index (χ0) is 15.7. The second-order valence-electron chi connectivity index (χ2n) is 4.67. The van der Waals surface area contributed by atoms with E-state index in [9.17, 15) is 4.79 Å². The molecule has 3 aromatic rings. The number of hydrogen-bond acceptors (Lipinski definition) is 5. The molecule has 0 atom stereocenters. The van der Waals surface area contributed by atoms with Gasteiger partial charge in [-0.25, -0.2) is 0 Å². The van der Waals surface area contributed by atoms with E-state index in [0.717, 1.165) is 11.1 Å². The molecular weight excluding hydrogens is 320 g/mol. The van der Waals surface area contributed by atoms with E-state index < -0.39 is 0 Å². The maximum Gasteiger partial charge on any atom is 0.272 e. The van der Waals surface area contributed by atoms with Gasteiger partial charge in [0.1, 0.15) is 4.70 Å². The molecule has 1 N–H and O–H groups in total. The maximum atomic E-state index is 12.5. The highest BCUT2D eigenvalue weighted by molar-refractivity contribution is 7.71. The van der Waals surface area contributed by atoms with Crippen LogP contribution in [0.3, 0.4) is 0 Å². The third-order valence-electron chi connectivity index (χ3n) is 3.38. The smallest absolute Gasteiger partial charge is 0.272 e. The first-order valence-corrected chi connectivity index (χ1v) is 7.84. The minimum atomic E-state index is -0.0801. The van der Waals surface area contributed by atoms with Crippen molar-refractivity contribution in [1.82, 2.24) is 9.55 Å². The van der Waals surface area contributed by atoms with Crippen LogP contribution >= 0.6 is 23.6 Å². The molecule has 0 saturated carbocycles. The van der Waals surface area contributed by atoms with Crippen molar-refractivity contribution in [3.63, 3.8) is 0 Å². The lowest BCUT2D eigenvalue weighted by Gasteiger charge is -2.11. The molecule has 114 valence electrons.